The van der Waals surface area contributed by atoms with Crippen molar-refractivity contribution < 1.29 is 14.3 Å². The standard InChI is InChI=1S/C25H25N5O3S/c1-5-33-24(32)21-16(3)22(27-17(21)4)20(31)14-34-25-29-28-23(18-10-12-26-13-11-18)30(25)19-9-7-6-8-15(19)2/h6-13,27H,5,14H2,1-4H3. The van der Waals surface area contributed by atoms with Crippen molar-refractivity contribution in [2.75, 3.05) is 12.4 Å². The number of aromatic nitrogens is 5. The van der Waals surface area contributed by atoms with Gasteiger partial charge in [-0.15, -0.1) is 10.2 Å². The highest BCUT2D eigenvalue weighted by molar-refractivity contribution is 7.99. The number of esters is 1. The fraction of sp³-hybridized carbons (Fsp3) is 0.240. The summed E-state index contributed by atoms with van der Waals surface area (Å²) in [7, 11) is 0. The first-order valence-corrected chi connectivity index (χ1v) is 11.8. The van der Waals surface area contributed by atoms with E-state index in [4.69, 9.17) is 4.74 Å². The Labute approximate surface area is 201 Å². The minimum absolute atomic E-state index is 0.128. The quantitative estimate of drug-likeness (QED) is 0.223. The van der Waals surface area contributed by atoms with Crippen LogP contribution in [0.1, 0.15) is 44.6 Å². The van der Waals surface area contributed by atoms with E-state index in [1.165, 1.54) is 11.8 Å². The lowest BCUT2D eigenvalue weighted by Gasteiger charge is -2.12. The van der Waals surface area contributed by atoms with Crippen molar-refractivity contribution in [1.29, 1.82) is 0 Å². The van der Waals surface area contributed by atoms with E-state index in [1.807, 2.05) is 47.9 Å². The molecule has 0 spiro atoms. The lowest BCUT2D eigenvalue weighted by atomic mass is 10.1. The Morgan fingerprint density at radius 2 is 1.79 bits per heavy atom. The summed E-state index contributed by atoms with van der Waals surface area (Å²) in [6.45, 7) is 7.57. The molecule has 0 saturated heterocycles. The summed E-state index contributed by atoms with van der Waals surface area (Å²) in [6, 6.07) is 11.7. The zero-order chi connectivity index (χ0) is 24.2. The highest BCUT2D eigenvalue weighted by Crippen LogP contribution is 2.30. The molecule has 9 heteroatoms. The van der Waals surface area contributed by atoms with E-state index in [-0.39, 0.29) is 18.1 Å². The van der Waals surface area contributed by atoms with Crippen molar-refractivity contribution in [3.8, 4) is 17.1 Å². The molecule has 0 saturated carbocycles. The molecular formula is C25H25N5O3S. The Bertz CT molecular complexity index is 1340. The topological polar surface area (TPSA) is 103 Å². The van der Waals surface area contributed by atoms with Crippen LogP contribution in [0.25, 0.3) is 17.1 Å². The summed E-state index contributed by atoms with van der Waals surface area (Å²) in [5.41, 5.74) is 4.90. The molecule has 0 unspecified atom stereocenters. The Hall–Kier alpha value is -3.72. The second-order valence-electron chi connectivity index (χ2n) is 7.72. The molecule has 0 bridgehead atoms. The highest BCUT2D eigenvalue weighted by Gasteiger charge is 2.24. The number of nitrogens with zero attached hydrogens (tertiary/aromatic N) is 4. The van der Waals surface area contributed by atoms with Crippen LogP contribution in [0.15, 0.2) is 53.9 Å². The maximum Gasteiger partial charge on any atom is 0.340 e. The molecule has 8 nitrogen and oxygen atoms in total. The molecule has 0 fully saturated rings. The summed E-state index contributed by atoms with van der Waals surface area (Å²) >= 11 is 1.30. The van der Waals surface area contributed by atoms with Crippen molar-refractivity contribution in [3.63, 3.8) is 0 Å². The number of ketones is 1. The van der Waals surface area contributed by atoms with Crippen LogP contribution < -0.4 is 0 Å². The van der Waals surface area contributed by atoms with Gasteiger partial charge in [-0.2, -0.15) is 0 Å². The van der Waals surface area contributed by atoms with E-state index in [0.29, 0.717) is 33.5 Å². The Balaban J connectivity index is 1.65. The van der Waals surface area contributed by atoms with E-state index >= 15 is 0 Å². The third kappa shape index (κ3) is 4.51. The van der Waals surface area contributed by atoms with E-state index < -0.39 is 5.97 Å². The lowest BCUT2D eigenvalue weighted by Crippen LogP contribution is -2.09. The second-order valence-corrected chi connectivity index (χ2v) is 8.66. The number of Topliss-reactive ketones (excluding diaryl/α,β-unsaturated/α-hetero) is 1. The molecule has 0 aliphatic rings. The molecule has 0 aliphatic carbocycles. The van der Waals surface area contributed by atoms with Crippen molar-refractivity contribution in [2.24, 2.45) is 0 Å². The molecule has 1 aromatic carbocycles. The molecule has 4 rings (SSSR count). The lowest BCUT2D eigenvalue weighted by molar-refractivity contribution is 0.0525. The molecule has 3 heterocycles. The number of carbonyl (C=O) groups excluding carboxylic acids is 2. The van der Waals surface area contributed by atoms with E-state index in [2.05, 4.69) is 20.2 Å². The largest absolute Gasteiger partial charge is 0.462 e. The van der Waals surface area contributed by atoms with Crippen molar-refractivity contribution in [2.45, 2.75) is 32.9 Å². The van der Waals surface area contributed by atoms with Gasteiger partial charge >= 0.3 is 5.97 Å². The van der Waals surface area contributed by atoms with E-state index in [0.717, 1.165) is 16.8 Å². The Kier molecular flexibility index (Phi) is 6.93. The first-order valence-electron chi connectivity index (χ1n) is 10.9. The molecule has 3 aromatic heterocycles. The predicted molar refractivity (Wildman–Crippen MR) is 131 cm³/mol. The molecule has 0 radical (unpaired) electrons. The van der Waals surface area contributed by atoms with Crippen LogP contribution in [0.2, 0.25) is 0 Å². The van der Waals surface area contributed by atoms with Crippen LogP contribution >= 0.6 is 11.8 Å². The van der Waals surface area contributed by atoms with Gasteiger partial charge in [0.1, 0.15) is 0 Å². The summed E-state index contributed by atoms with van der Waals surface area (Å²) < 4.78 is 7.09. The number of hydrogen-bond acceptors (Lipinski definition) is 7. The molecule has 34 heavy (non-hydrogen) atoms. The van der Waals surface area contributed by atoms with Gasteiger partial charge in [0.25, 0.3) is 0 Å². The van der Waals surface area contributed by atoms with Crippen molar-refractivity contribution in [1.82, 2.24) is 24.7 Å². The van der Waals surface area contributed by atoms with Crippen molar-refractivity contribution in [3.05, 3.63) is 76.9 Å². The first-order chi connectivity index (χ1) is 16.4. The number of nitrogens with one attached hydrogen (secondary N) is 1. The summed E-state index contributed by atoms with van der Waals surface area (Å²) in [6.07, 6.45) is 3.42. The molecule has 1 N–H and O–H groups in total. The van der Waals surface area contributed by atoms with Crippen LogP contribution in [-0.2, 0) is 4.74 Å². The summed E-state index contributed by atoms with van der Waals surface area (Å²) in [4.78, 5) is 32.5. The predicted octanol–water partition coefficient (Wildman–Crippen LogP) is 4.73. The monoisotopic (exact) mass is 475 g/mol. The minimum Gasteiger partial charge on any atom is -0.462 e. The first kappa shape index (κ1) is 23.4. The maximum absolute atomic E-state index is 13.1. The zero-order valence-electron chi connectivity index (χ0n) is 19.5. The number of para-hydroxylation sites is 1. The van der Waals surface area contributed by atoms with Crippen LogP contribution in [-0.4, -0.2) is 48.8 Å². The highest BCUT2D eigenvalue weighted by atomic mass is 32.2. The number of ether oxygens (including phenoxy) is 1. The summed E-state index contributed by atoms with van der Waals surface area (Å²) in [5, 5.41) is 9.41. The van der Waals surface area contributed by atoms with Gasteiger partial charge in [0, 0.05) is 23.7 Å². The average Bonchev–Trinajstić information content (AvgIpc) is 3.38. The number of thioether (sulfide) groups is 1. The van der Waals surface area contributed by atoms with Crippen LogP contribution in [0.4, 0.5) is 0 Å². The normalized spacial score (nSPS) is 10.9. The van der Waals surface area contributed by atoms with E-state index in [1.54, 1.807) is 33.2 Å². The number of aryl methyl sites for hydroxylation is 2. The van der Waals surface area contributed by atoms with E-state index in [9.17, 15) is 9.59 Å². The van der Waals surface area contributed by atoms with Crippen LogP contribution in [0.5, 0.6) is 0 Å². The SMILES string of the molecule is CCOC(=O)c1c(C)[nH]c(C(=O)CSc2nnc(-c3ccncc3)n2-c2ccccc2C)c1C. The molecule has 0 aliphatic heterocycles. The van der Waals surface area contributed by atoms with Gasteiger partial charge in [0.15, 0.2) is 16.8 Å². The number of aromatic amines is 1. The second kappa shape index (κ2) is 10.0. The van der Waals surface area contributed by atoms with Gasteiger partial charge < -0.3 is 9.72 Å². The Morgan fingerprint density at radius 3 is 2.50 bits per heavy atom. The number of rotatable bonds is 8. The van der Waals surface area contributed by atoms with Crippen molar-refractivity contribution >= 4 is 23.5 Å². The molecule has 4 aromatic rings. The van der Waals surface area contributed by atoms with Gasteiger partial charge in [-0.25, -0.2) is 4.79 Å². The number of pyridine rings is 1. The van der Waals surface area contributed by atoms with Crippen LogP contribution in [0.3, 0.4) is 0 Å². The van der Waals surface area contributed by atoms with Gasteiger partial charge in [-0.05, 0) is 57.0 Å². The number of hydrogen-bond donors (Lipinski definition) is 1. The van der Waals surface area contributed by atoms with Crippen LogP contribution in [0, 0.1) is 20.8 Å². The smallest absolute Gasteiger partial charge is 0.340 e. The fourth-order valence-corrected chi connectivity index (χ4v) is 4.64. The van der Waals surface area contributed by atoms with Gasteiger partial charge in [0.2, 0.25) is 0 Å². The van der Waals surface area contributed by atoms with Gasteiger partial charge in [0.05, 0.1) is 29.3 Å². The zero-order valence-corrected chi connectivity index (χ0v) is 20.3. The number of H-pyrrole nitrogens is 1. The molecule has 174 valence electrons. The Morgan fingerprint density at radius 1 is 1.06 bits per heavy atom. The average molecular weight is 476 g/mol. The third-order valence-corrected chi connectivity index (χ3v) is 6.39. The summed E-state index contributed by atoms with van der Waals surface area (Å²) in [5.74, 6) is 0.236. The fourth-order valence-electron chi connectivity index (χ4n) is 3.82. The molecule has 0 amide bonds. The number of carbonyl (C=O) groups is 2. The molecule has 0 atom stereocenters. The third-order valence-electron chi connectivity index (χ3n) is 5.46. The minimum atomic E-state index is -0.429. The number of benzene rings is 1. The molecular weight excluding hydrogens is 450 g/mol. The van der Waals surface area contributed by atoms with Gasteiger partial charge in [-0.1, -0.05) is 30.0 Å². The maximum atomic E-state index is 13.1. The van der Waals surface area contributed by atoms with Gasteiger partial charge in [-0.3, -0.25) is 14.3 Å².